The van der Waals surface area contributed by atoms with E-state index in [4.69, 9.17) is 5.11 Å². The molecule has 0 aromatic heterocycles. The van der Waals surface area contributed by atoms with Crippen molar-refractivity contribution in [3.8, 4) is 0 Å². The number of hydrogen-bond donors (Lipinski definition) is 1. The molecule has 1 aromatic rings. The average Bonchev–Trinajstić information content (AvgIpc) is 2.04. The molecule has 0 spiro atoms. The summed E-state index contributed by atoms with van der Waals surface area (Å²) < 4.78 is 0. The molecule has 73 valence electrons. The van der Waals surface area contributed by atoms with Crippen molar-refractivity contribution in [1.29, 1.82) is 0 Å². The molecular weight excluding hydrogens is 270 g/mol. The van der Waals surface area contributed by atoms with Crippen molar-refractivity contribution < 1.29 is 37.2 Å². The molecule has 0 aliphatic heterocycles. The maximum atomic E-state index is 10.4. The van der Waals surface area contributed by atoms with Gasteiger partial charge in [-0.2, -0.15) is 0 Å². The Kier molecular flexibility index (Phi) is 4.33. The third-order valence-corrected chi connectivity index (χ3v) is 1.33. The molecule has 0 saturated heterocycles. The summed E-state index contributed by atoms with van der Waals surface area (Å²) in [4.78, 5) is 20.0. The van der Waals surface area contributed by atoms with Crippen LogP contribution < -0.4 is 0 Å². The number of carboxylic acids is 1. The molecule has 0 aliphatic rings. The van der Waals surface area contributed by atoms with Gasteiger partial charge in [0.25, 0.3) is 5.69 Å². The molecule has 0 unspecified atom stereocenters. The number of nitro benzene ring substituents is 1. The number of carbonyl (C=O) groups is 1. The van der Waals surface area contributed by atoms with Gasteiger partial charge in [-0.15, -0.1) is 0 Å². The number of carboxylic acid groups (broad SMARTS) is 1. The van der Waals surface area contributed by atoms with E-state index in [0.29, 0.717) is 0 Å². The Morgan fingerprint density at radius 1 is 1.38 bits per heavy atom. The van der Waals surface area contributed by atoms with E-state index in [1.54, 1.807) is 0 Å². The van der Waals surface area contributed by atoms with Gasteiger partial charge in [0, 0.05) is 28.4 Å². The smallest absolute Gasteiger partial charge is 0.342 e. The average molecular weight is 275 g/mol. The molecule has 0 bridgehead atoms. The van der Waals surface area contributed by atoms with E-state index in [1.807, 2.05) is 0 Å². The van der Waals surface area contributed by atoms with E-state index < -0.39 is 10.9 Å². The Hall–Kier alpha value is -1.17. The molecule has 1 aromatic carbocycles. The topological polar surface area (TPSA) is 80.4 Å². The minimum Gasteiger partial charge on any atom is -0.477 e. The van der Waals surface area contributed by atoms with E-state index in [0.717, 1.165) is 6.07 Å². The van der Waals surface area contributed by atoms with Gasteiger partial charge in [-0.3, -0.25) is 10.1 Å². The molecule has 0 saturated carbocycles. The Morgan fingerprint density at radius 2 is 1.92 bits per heavy atom. The van der Waals surface area contributed by atoms with Gasteiger partial charge >= 0.3 is 5.97 Å². The molecule has 1 radical (unpaired) electrons. The van der Waals surface area contributed by atoms with Gasteiger partial charge in [0.15, 0.2) is 0 Å². The molecule has 6 heteroatoms. The molecule has 0 aliphatic carbocycles. The number of para-hydroxylation sites is 1. The van der Waals surface area contributed by atoms with Gasteiger partial charge in [0.2, 0.25) is 0 Å². The predicted molar refractivity (Wildman–Crippen MR) is 40.1 cm³/mol. The summed E-state index contributed by atoms with van der Waals surface area (Å²) in [6, 6.07) is 5.21. The SMILES string of the molecule is O=C(O)c1ccccc1[N+](=O)[O-].[Ag]. The van der Waals surface area contributed by atoms with Crippen molar-refractivity contribution in [2.45, 2.75) is 0 Å². The monoisotopic (exact) mass is 274 g/mol. The van der Waals surface area contributed by atoms with E-state index in [1.165, 1.54) is 18.2 Å². The van der Waals surface area contributed by atoms with Crippen molar-refractivity contribution in [3.63, 3.8) is 0 Å². The van der Waals surface area contributed by atoms with Crippen molar-refractivity contribution >= 4 is 11.7 Å². The third kappa shape index (κ3) is 2.66. The van der Waals surface area contributed by atoms with Gasteiger partial charge in [-0.25, -0.2) is 4.79 Å². The van der Waals surface area contributed by atoms with Crippen molar-refractivity contribution in [2.24, 2.45) is 0 Å². The predicted octanol–water partition coefficient (Wildman–Crippen LogP) is 1.29. The van der Waals surface area contributed by atoms with Gasteiger partial charge < -0.3 is 5.11 Å². The number of rotatable bonds is 2. The van der Waals surface area contributed by atoms with Crippen molar-refractivity contribution in [2.75, 3.05) is 0 Å². The first-order valence-corrected chi connectivity index (χ1v) is 3.09. The van der Waals surface area contributed by atoms with Crippen molar-refractivity contribution in [1.82, 2.24) is 0 Å². The van der Waals surface area contributed by atoms with Gasteiger partial charge in [-0.1, -0.05) is 12.1 Å². The molecule has 1 rings (SSSR count). The van der Waals surface area contributed by atoms with Crippen LogP contribution in [0.25, 0.3) is 0 Å². The van der Waals surface area contributed by atoms with E-state index in [-0.39, 0.29) is 33.6 Å². The number of nitro groups is 1. The van der Waals surface area contributed by atoms with Crippen LogP contribution in [0.15, 0.2) is 24.3 Å². The first-order valence-electron chi connectivity index (χ1n) is 3.09. The summed E-state index contributed by atoms with van der Waals surface area (Å²) in [7, 11) is 0. The first kappa shape index (κ1) is 11.8. The zero-order valence-corrected chi connectivity index (χ0v) is 7.71. The van der Waals surface area contributed by atoms with Gasteiger partial charge in [0.1, 0.15) is 5.56 Å². The van der Waals surface area contributed by atoms with Crippen LogP contribution in [0.3, 0.4) is 0 Å². The van der Waals surface area contributed by atoms with Crippen LogP contribution >= 0.6 is 0 Å². The van der Waals surface area contributed by atoms with E-state index in [9.17, 15) is 14.9 Å². The third-order valence-electron chi connectivity index (χ3n) is 1.33. The first-order chi connectivity index (χ1) is 5.63. The second-order valence-electron chi connectivity index (χ2n) is 2.08. The molecular formula is C7H5AgNO4. The molecule has 5 nitrogen and oxygen atoms in total. The second-order valence-corrected chi connectivity index (χ2v) is 2.08. The molecule has 0 fully saturated rings. The molecule has 0 atom stereocenters. The molecule has 13 heavy (non-hydrogen) atoms. The molecule has 0 heterocycles. The van der Waals surface area contributed by atoms with Crippen LogP contribution in [0.4, 0.5) is 5.69 Å². The van der Waals surface area contributed by atoms with Crippen LogP contribution in [0, 0.1) is 10.1 Å². The Balaban J connectivity index is 0.00000144. The second kappa shape index (κ2) is 4.76. The minimum absolute atomic E-state index is 0. The Bertz CT molecular complexity index is 306. The minimum atomic E-state index is -1.29. The van der Waals surface area contributed by atoms with Crippen LogP contribution in [-0.2, 0) is 22.4 Å². The number of hydrogen-bond acceptors (Lipinski definition) is 3. The summed E-state index contributed by atoms with van der Waals surface area (Å²) in [6.45, 7) is 0. The van der Waals surface area contributed by atoms with Crippen molar-refractivity contribution in [3.05, 3.63) is 39.9 Å². The summed E-state index contributed by atoms with van der Waals surface area (Å²) in [6.07, 6.45) is 0. The summed E-state index contributed by atoms with van der Waals surface area (Å²) in [5, 5.41) is 18.8. The van der Waals surface area contributed by atoms with Gasteiger partial charge in [0.05, 0.1) is 4.92 Å². The fourth-order valence-electron chi connectivity index (χ4n) is 0.814. The Morgan fingerprint density at radius 3 is 2.31 bits per heavy atom. The largest absolute Gasteiger partial charge is 0.477 e. The Labute approximate surface area is 89.0 Å². The fourth-order valence-corrected chi connectivity index (χ4v) is 0.814. The molecule has 1 N–H and O–H groups in total. The molecule has 0 amide bonds. The summed E-state index contributed by atoms with van der Waals surface area (Å²) in [5.41, 5.74) is -0.674. The summed E-state index contributed by atoms with van der Waals surface area (Å²) >= 11 is 0. The standard InChI is InChI=1S/C7H5NO4.Ag/c9-7(10)5-3-1-2-4-6(5)8(11)12;/h1-4H,(H,9,10);. The van der Waals surface area contributed by atoms with E-state index >= 15 is 0 Å². The number of benzene rings is 1. The summed E-state index contributed by atoms with van der Waals surface area (Å²) in [5.74, 6) is -1.29. The van der Waals surface area contributed by atoms with Gasteiger partial charge in [-0.05, 0) is 6.07 Å². The zero-order valence-electron chi connectivity index (χ0n) is 6.23. The van der Waals surface area contributed by atoms with Crippen LogP contribution in [0.2, 0.25) is 0 Å². The number of nitrogens with zero attached hydrogens (tertiary/aromatic N) is 1. The fraction of sp³-hybridized carbons (Fsp3) is 0. The number of aromatic carboxylic acids is 1. The normalized spacial score (nSPS) is 8.62. The maximum absolute atomic E-state index is 10.4. The zero-order chi connectivity index (χ0) is 9.14. The quantitative estimate of drug-likeness (QED) is 0.501. The van der Waals surface area contributed by atoms with Crippen LogP contribution in [0.5, 0.6) is 0 Å². The van der Waals surface area contributed by atoms with E-state index in [2.05, 4.69) is 0 Å². The van der Waals surface area contributed by atoms with Crippen LogP contribution in [0.1, 0.15) is 10.4 Å². The maximum Gasteiger partial charge on any atom is 0.342 e. The van der Waals surface area contributed by atoms with Crippen LogP contribution in [-0.4, -0.2) is 16.0 Å².